The fourth-order valence-corrected chi connectivity index (χ4v) is 3.27. The summed E-state index contributed by atoms with van der Waals surface area (Å²) in [5.41, 5.74) is 6.99. The van der Waals surface area contributed by atoms with Crippen molar-refractivity contribution < 1.29 is 5.11 Å². The van der Waals surface area contributed by atoms with Crippen LogP contribution >= 0.6 is 0 Å². The maximum Gasteiger partial charge on any atom is 0.0969 e. The maximum absolute atomic E-state index is 9.98. The molecule has 0 radical (unpaired) electrons. The van der Waals surface area contributed by atoms with Crippen LogP contribution in [-0.2, 0) is 0 Å². The number of allylic oxidation sites excluding steroid dienone is 1. The lowest BCUT2D eigenvalue weighted by Crippen LogP contribution is -1.97. The molecule has 1 unspecified atom stereocenters. The van der Waals surface area contributed by atoms with E-state index in [1.165, 1.54) is 22.3 Å². The van der Waals surface area contributed by atoms with Crippen molar-refractivity contribution in [2.75, 3.05) is 0 Å². The third-order valence-electron chi connectivity index (χ3n) is 4.60. The van der Waals surface area contributed by atoms with E-state index in [1.807, 2.05) is 24.3 Å². The molecule has 0 spiro atoms. The van der Waals surface area contributed by atoms with Gasteiger partial charge in [-0.3, -0.25) is 0 Å². The minimum atomic E-state index is -0.632. The average Bonchev–Trinajstić information content (AvgIpc) is 2.73. The van der Waals surface area contributed by atoms with E-state index in [-0.39, 0.29) is 0 Å². The van der Waals surface area contributed by atoms with Crippen LogP contribution in [0.2, 0.25) is 0 Å². The molecule has 0 saturated heterocycles. The number of rotatable bonds is 6. The van der Waals surface area contributed by atoms with E-state index in [0.717, 1.165) is 17.5 Å². The summed E-state index contributed by atoms with van der Waals surface area (Å²) in [7, 11) is 0. The van der Waals surface area contributed by atoms with Gasteiger partial charge in [0.2, 0.25) is 0 Å². The summed E-state index contributed by atoms with van der Waals surface area (Å²) in [6.07, 6.45) is 1.85. The number of hydrogen-bond donors (Lipinski definition) is 1. The zero-order chi connectivity index (χ0) is 18.4. The van der Waals surface area contributed by atoms with E-state index in [0.29, 0.717) is 0 Å². The highest BCUT2D eigenvalue weighted by molar-refractivity contribution is 5.98. The molecule has 0 aliphatic carbocycles. The number of aliphatic hydroxyl groups is 1. The Labute approximate surface area is 156 Å². The second-order valence-electron chi connectivity index (χ2n) is 6.24. The smallest absolute Gasteiger partial charge is 0.0969 e. The van der Waals surface area contributed by atoms with Crippen LogP contribution in [0.4, 0.5) is 0 Å². The van der Waals surface area contributed by atoms with Gasteiger partial charge in [-0.05, 0) is 39.8 Å². The predicted octanol–water partition coefficient (Wildman–Crippen LogP) is 6.28. The molecule has 1 nitrogen and oxygen atoms in total. The zero-order valence-electron chi connectivity index (χ0n) is 15.1. The van der Waals surface area contributed by atoms with Gasteiger partial charge in [-0.2, -0.15) is 0 Å². The highest BCUT2D eigenvalue weighted by Gasteiger charge is 2.13. The van der Waals surface area contributed by atoms with Gasteiger partial charge in [0.25, 0.3) is 0 Å². The van der Waals surface area contributed by atoms with Crippen molar-refractivity contribution in [2.24, 2.45) is 0 Å². The van der Waals surface area contributed by atoms with Crippen molar-refractivity contribution >= 4 is 11.1 Å². The highest BCUT2D eigenvalue weighted by Crippen LogP contribution is 2.34. The summed E-state index contributed by atoms with van der Waals surface area (Å²) in [6.45, 7) is 5.86. The normalized spacial score (nSPS) is 13.0. The molecule has 0 saturated carbocycles. The van der Waals surface area contributed by atoms with Gasteiger partial charge in [-0.1, -0.05) is 97.9 Å². The molecule has 1 heteroatoms. The van der Waals surface area contributed by atoms with Crippen molar-refractivity contribution in [3.8, 4) is 0 Å². The molecule has 26 heavy (non-hydrogen) atoms. The fraction of sp³-hybridized carbons (Fsp3) is 0.120. The first-order chi connectivity index (χ1) is 12.7. The molecule has 0 fully saturated rings. The molecule has 1 atom stereocenters. The molecule has 3 aromatic carbocycles. The molecule has 3 aromatic rings. The molecule has 3 rings (SSSR count). The third-order valence-corrected chi connectivity index (χ3v) is 4.60. The quantitative estimate of drug-likeness (QED) is 0.414. The average molecular weight is 340 g/mol. The van der Waals surface area contributed by atoms with Gasteiger partial charge < -0.3 is 5.11 Å². The van der Waals surface area contributed by atoms with Gasteiger partial charge in [0.05, 0.1) is 6.10 Å². The summed E-state index contributed by atoms with van der Waals surface area (Å²) in [6, 6.07) is 29.2. The van der Waals surface area contributed by atoms with Crippen LogP contribution in [0.5, 0.6) is 0 Å². The standard InChI is InChI=1S/C25H24O/c1-3-23(19-11-7-5-8-12-19)25(21-13-9-6-10-14-21)22-17-15-20(16-18-22)24(26)4-2/h4-18,24,26H,2-3H2,1H3. The van der Waals surface area contributed by atoms with Crippen LogP contribution < -0.4 is 0 Å². The lowest BCUT2D eigenvalue weighted by molar-refractivity contribution is 0.229. The molecule has 0 heterocycles. The van der Waals surface area contributed by atoms with Crippen molar-refractivity contribution in [1.29, 1.82) is 0 Å². The van der Waals surface area contributed by atoms with Crippen molar-refractivity contribution in [2.45, 2.75) is 19.4 Å². The first-order valence-corrected chi connectivity index (χ1v) is 8.99. The Morgan fingerprint density at radius 3 is 1.81 bits per heavy atom. The molecule has 0 bridgehead atoms. The van der Waals surface area contributed by atoms with E-state index in [9.17, 15) is 5.11 Å². The summed E-state index contributed by atoms with van der Waals surface area (Å²) in [5.74, 6) is 0. The van der Waals surface area contributed by atoms with E-state index >= 15 is 0 Å². The summed E-state index contributed by atoms with van der Waals surface area (Å²) in [4.78, 5) is 0. The molecule has 0 amide bonds. The Morgan fingerprint density at radius 2 is 1.31 bits per heavy atom. The minimum absolute atomic E-state index is 0.632. The fourth-order valence-electron chi connectivity index (χ4n) is 3.27. The van der Waals surface area contributed by atoms with Gasteiger partial charge in [0.15, 0.2) is 0 Å². The number of benzene rings is 3. The topological polar surface area (TPSA) is 20.2 Å². The lowest BCUT2D eigenvalue weighted by Gasteiger charge is -2.17. The van der Waals surface area contributed by atoms with Crippen molar-refractivity contribution in [1.82, 2.24) is 0 Å². The molecule has 0 aromatic heterocycles. The Morgan fingerprint density at radius 1 is 0.808 bits per heavy atom. The largest absolute Gasteiger partial charge is 0.384 e. The van der Waals surface area contributed by atoms with Crippen LogP contribution in [0.3, 0.4) is 0 Å². The third kappa shape index (κ3) is 3.84. The first-order valence-electron chi connectivity index (χ1n) is 8.99. The van der Waals surface area contributed by atoms with Gasteiger partial charge in [0.1, 0.15) is 0 Å². The summed E-state index contributed by atoms with van der Waals surface area (Å²) in [5, 5.41) is 9.98. The molecule has 0 aliphatic rings. The maximum atomic E-state index is 9.98. The van der Waals surface area contributed by atoms with Crippen LogP contribution in [0.1, 0.15) is 41.7 Å². The monoisotopic (exact) mass is 340 g/mol. The SMILES string of the molecule is C=CC(O)c1ccc(C(=C(CC)c2ccccc2)c2ccccc2)cc1. The molecule has 130 valence electrons. The highest BCUT2D eigenvalue weighted by atomic mass is 16.3. The van der Waals surface area contributed by atoms with Gasteiger partial charge in [0, 0.05) is 0 Å². The Kier molecular flexibility index (Phi) is 5.83. The summed E-state index contributed by atoms with van der Waals surface area (Å²) < 4.78 is 0. The Hall–Kier alpha value is -2.90. The second-order valence-corrected chi connectivity index (χ2v) is 6.24. The lowest BCUT2D eigenvalue weighted by atomic mass is 9.88. The van der Waals surface area contributed by atoms with Crippen molar-refractivity contribution in [3.63, 3.8) is 0 Å². The van der Waals surface area contributed by atoms with Crippen LogP contribution in [0, 0.1) is 0 Å². The molecule has 0 aliphatic heterocycles. The van der Waals surface area contributed by atoms with E-state index in [1.54, 1.807) is 6.08 Å². The zero-order valence-corrected chi connectivity index (χ0v) is 15.1. The molecular weight excluding hydrogens is 316 g/mol. The number of aliphatic hydroxyl groups excluding tert-OH is 1. The summed E-state index contributed by atoms with van der Waals surface area (Å²) >= 11 is 0. The minimum Gasteiger partial charge on any atom is -0.384 e. The van der Waals surface area contributed by atoms with Gasteiger partial charge >= 0.3 is 0 Å². The van der Waals surface area contributed by atoms with Gasteiger partial charge in [-0.25, -0.2) is 0 Å². The second kappa shape index (κ2) is 8.46. The first kappa shape index (κ1) is 17.9. The Bertz CT molecular complexity index is 874. The van der Waals surface area contributed by atoms with Crippen LogP contribution in [-0.4, -0.2) is 5.11 Å². The van der Waals surface area contributed by atoms with Crippen molar-refractivity contribution in [3.05, 3.63) is 120 Å². The van der Waals surface area contributed by atoms with E-state index < -0.39 is 6.10 Å². The van der Waals surface area contributed by atoms with Crippen LogP contribution in [0.15, 0.2) is 97.6 Å². The van der Waals surface area contributed by atoms with Crippen LogP contribution in [0.25, 0.3) is 11.1 Å². The predicted molar refractivity (Wildman–Crippen MR) is 111 cm³/mol. The molecular formula is C25H24O. The number of hydrogen-bond acceptors (Lipinski definition) is 1. The van der Waals surface area contributed by atoms with E-state index in [4.69, 9.17) is 0 Å². The molecule has 1 N–H and O–H groups in total. The van der Waals surface area contributed by atoms with E-state index in [2.05, 4.69) is 74.2 Å². The Balaban J connectivity index is 2.19. The van der Waals surface area contributed by atoms with Gasteiger partial charge in [-0.15, -0.1) is 6.58 Å².